The minimum atomic E-state index is -0.0566. The van der Waals surface area contributed by atoms with E-state index in [-0.39, 0.29) is 17.9 Å². The van der Waals surface area contributed by atoms with Gasteiger partial charge in [0.05, 0.1) is 19.3 Å². The smallest absolute Gasteiger partial charge is 0.223 e. The van der Waals surface area contributed by atoms with Crippen molar-refractivity contribution in [2.45, 2.75) is 19.4 Å². The Morgan fingerprint density at radius 3 is 2.34 bits per heavy atom. The van der Waals surface area contributed by atoms with Gasteiger partial charge >= 0.3 is 0 Å². The van der Waals surface area contributed by atoms with E-state index in [1.807, 2.05) is 39.2 Å². The molecule has 1 aliphatic rings. The van der Waals surface area contributed by atoms with Crippen LogP contribution in [0.25, 0.3) is 0 Å². The molecule has 0 bridgehead atoms. The largest absolute Gasteiger partial charge is 0.379 e. The first-order chi connectivity index (χ1) is 14.0. The first-order valence-corrected chi connectivity index (χ1v) is 10.5. The Morgan fingerprint density at radius 1 is 1.07 bits per heavy atom. The van der Waals surface area contributed by atoms with Gasteiger partial charge in [-0.3, -0.25) is 9.69 Å². The third kappa shape index (κ3) is 6.05. The summed E-state index contributed by atoms with van der Waals surface area (Å²) in [6.45, 7) is 5.86. The minimum absolute atomic E-state index is 0.0566. The van der Waals surface area contributed by atoms with Crippen molar-refractivity contribution >= 4 is 11.6 Å². The van der Waals surface area contributed by atoms with Crippen molar-refractivity contribution in [3.05, 3.63) is 65.7 Å². The van der Waals surface area contributed by atoms with Gasteiger partial charge in [0.1, 0.15) is 0 Å². The summed E-state index contributed by atoms with van der Waals surface area (Å²) in [6.07, 6.45) is 0.756. The molecule has 1 heterocycles. The lowest BCUT2D eigenvalue weighted by atomic mass is 9.99. The quantitative estimate of drug-likeness (QED) is 0.746. The fourth-order valence-electron chi connectivity index (χ4n) is 3.77. The van der Waals surface area contributed by atoms with E-state index in [1.165, 1.54) is 16.8 Å². The number of ether oxygens (including phenoxy) is 1. The number of hydrogen-bond acceptors (Lipinski definition) is 4. The molecule has 3 rings (SSSR count). The molecule has 1 N–H and O–H groups in total. The molecule has 5 nitrogen and oxygen atoms in total. The Kier molecular flexibility index (Phi) is 7.67. The summed E-state index contributed by atoms with van der Waals surface area (Å²) in [5.74, 6) is 0.0517. The summed E-state index contributed by atoms with van der Waals surface area (Å²) in [6, 6.07) is 19.0. The number of hydrogen-bond donors (Lipinski definition) is 1. The maximum atomic E-state index is 12.7. The molecule has 1 saturated heterocycles. The minimum Gasteiger partial charge on any atom is -0.379 e. The predicted octanol–water partition coefficient (Wildman–Crippen LogP) is 3.12. The summed E-state index contributed by atoms with van der Waals surface area (Å²) in [4.78, 5) is 17.3. The lowest BCUT2D eigenvalue weighted by Gasteiger charge is -2.35. The van der Waals surface area contributed by atoms with E-state index in [0.29, 0.717) is 6.54 Å². The zero-order valence-electron chi connectivity index (χ0n) is 17.8. The molecule has 2 atom stereocenters. The molecule has 2 aromatic rings. The van der Waals surface area contributed by atoms with Crippen LogP contribution >= 0.6 is 0 Å². The van der Waals surface area contributed by atoms with Crippen LogP contribution in [0.4, 0.5) is 5.69 Å². The summed E-state index contributed by atoms with van der Waals surface area (Å²) in [7, 11) is 4.09. The van der Waals surface area contributed by atoms with E-state index in [2.05, 4.69) is 51.5 Å². The number of carbonyl (C=O) groups is 1. The average molecular weight is 396 g/mol. The fourth-order valence-corrected chi connectivity index (χ4v) is 3.77. The molecule has 156 valence electrons. The van der Waals surface area contributed by atoms with Crippen LogP contribution in [0.2, 0.25) is 0 Å². The van der Waals surface area contributed by atoms with Crippen LogP contribution in [-0.4, -0.2) is 57.8 Å². The van der Waals surface area contributed by atoms with Crippen molar-refractivity contribution in [3.8, 4) is 0 Å². The van der Waals surface area contributed by atoms with Crippen LogP contribution in [0.15, 0.2) is 54.6 Å². The summed E-state index contributed by atoms with van der Waals surface area (Å²) in [5.41, 5.74) is 3.60. The van der Waals surface area contributed by atoms with Crippen LogP contribution in [-0.2, 0) is 16.0 Å². The standard InChI is InChI=1S/C24H33N3O2/c1-19(17-20-7-5-4-6-8-20)24(28)25-18-23(27-13-15-29-16-14-27)21-9-11-22(12-10-21)26(2)3/h4-12,19,23H,13-18H2,1-3H3,(H,25,28). The van der Waals surface area contributed by atoms with E-state index in [0.717, 1.165) is 32.7 Å². The lowest BCUT2D eigenvalue weighted by molar-refractivity contribution is -0.124. The summed E-state index contributed by atoms with van der Waals surface area (Å²) in [5, 5.41) is 3.20. The first-order valence-electron chi connectivity index (χ1n) is 10.5. The molecule has 29 heavy (non-hydrogen) atoms. The van der Waals surface area contributed by atoms with Crippen LogP contribution in [0.1, 0.15) is 24.1 Å². The van der Waals surface area contributed by atoms with E-state index < -0.39 is 0 Å². The van der Waals surface area contributed by atoms with Gasteiger partial charge in [0, 0.05) is 45.3 Å². The molecule has 5 heteroatoms. The average Bonchev–Trinajstić information content (AvgIpc) is 2.75. The molecule has 2 aromatic carbocycles. The summed E-state index contributed by atoms with van der Waals surface area (Å²) < 4.78 is 5.53. The Bertz CT molecular complexity index is 755. The zero-order chi connectivity index (χ0) is 20.6. The molecule has 0 aromatic heterocycles. The predicted molar refractivity (Wildman–Crippen MR) is 118 cm³/mol. The van der Waals surface area contributed by atoms with Crippen LogP contribution in [0.5, 0.6) is 0 Å². The highest BCUT2D eigenvalue weighted by Gasteiger charge is 2.24. The number of nitrogens with zero attached hydrogens (tertiary/aromatic N) is 2. The lowest BCUT2D eigenvalue weighted by Crippen LogP contribution is -2.44. The molecule has 0 radical (unpaired) electrons. The maximum absolute atomic E-state index is 12.7. The molecule has 0 saturated carbocycles. The van der Waals surface area contributed by atoms with Gasteiger partial charge in [-0.2, -0.15) is 0 Å². The molecule has 1 fully saturated rings. The first kappa shape index (κ1) is 21.3. The van der Waals surface area contributed by atoms with Gasteiger partial charge < -0.3 is 15.0 Å². The normalized spacial score (nSPS) is 16.8. The molecule has 1 aliphatic heterocycles. The number of anilines is 1. The number of amides is 1. The van der Waals surface area contributed by atoms with Gasteiger partial charge in [-0.15, -0.1) is 0 Å². The van der Waals surface area contributed by atoms with Gasteiger partial charge in [0.25, 0.3) is 0 Å². The van der Waals surface area contributed by atoms with Crippen molar-refractivity contribution in [1.82, 2.24) is 10.2 Å². The summed E-state index contributed by atoms with van der Waals surface area (Å²) >= 11 is 0. The SMILES string of the molecule is CC(Cc1ccccc1)C(=O)NCC(c1ccc(N(C)C)cc1)N1CCOCC1. The van der Waals surface area contributed by atoms with Crippen molar-refractivity contribution in [1.29, 1.82) is 0 Å². The Balaban J connectivity index is 1.65. The monoisotopic (exact) mass is 395 g/mol. The highest BCUT2D eigenvalue weighted by atomic mass is 16.5. The van der Waals surface area contributed by atoms with E-state index in [1.54, 1.807) is 0 Å². The topological polar surface area (TPSA) is 44.8 Å². The second-order valence-electron chi connectivity index (χ2n) is 7.99. The highest BCUT2D eigenvalue weighted by molar-refractivity contribution is 5.78. The molecule has 1 amide bonds. The second kappa shape index (κ2) is 10.4. The third-order valence-corrected chi connectivity index (χ3v) is 5.58. The molecule has 0 aliphatic carbocycles. The van der Waals surface area contributed by atoms with Crippen LogP contribution < -0.4 is 10.2 Å². The van der Waals surface area contributed by atoms with Gasteiger partial charge in [0.15, 0.2) is 0 Å². The Morgan fingerprint density at radius 2 is 1.72 bits per heavy atom. The van der Waals surface area contributed by atoms with Gasteiger partial charge in [-0.05, 0) is 29.7 Å². The zero-order valence-corrected chi connectivity index (χ0v) is 17.8. The van der Waals surface area contributed by atoms with Gasteiger partial charge in [-0.1, -0.05) is 49.4 Å². The third-order valence-electron chi connectivity index (χ3n) is 5.58. The van der Waals surface area contributed by atoms with Crippen LogP contribution in [0.3, 0.4) is 0 Å². The molecular formula is C24H33N3O2. The van der Waals surface area contributed by atoms with Gasteiger partial charge in [0.2, 0.25) is 5.91 Å². The van der Waals surface area contributed by atoms with Crippen molar-refractivity contribution in [2.75, 3.05) is 51.8 Å². The molecule has 2 unspecified atom stereocenters. The van der Waals surface area contributed by atoms with Crippen LogP contribution in [0, 0.1) is 5.92 Å². The second-order valence-corrected chi connectivity index (χ2v) is 7.99. The van der Waals surface area contributed by atoms with Crippen molar-refractivity contribution in [3.63, 3.8) is 0 Å². The van der Waals surface area contributed by atoms with Gasteiger partial charge in [-0.25, -0.2) is 0 Å². The van der Waals surface area contributed by atoms with E-state index in [4.69, 9.17) is 4.74 Å². The molecule has 0 spiro atoms. The highest BCUT2D eigenvalue weighted by Crippen LogP contribution is 2.24. The maximum Gasteiger partial charge on any atom is 0.223 e. The van der Waals surface area contributed by atoms with E-state index in [9.17, 15) is 4.79 Å². The van der Waals surface area contributed by atoms with Crippen molar-refractivity contribution in [2.24, 2.45) is 5.92 Å². The van der Waals surface area contributed by atoms with Crippen molar-refractivity contribution < 1.29 is 9.53 Å². The Hall–Kier alpha value is -2.37. The van der Waals surface area contributed by atoms with E-state index >= 15 is 0 Å². The molecular weight excluding hydrogens is 362 g/mol. The number of benzene rings is 2. The fraction of sp³-hybridized carbons (Fsp3) is 0.458. The Labute approximate surface area is 174 Å². The number of morpholine rings is 1. The number of carbonyl (C=O) groups excluding carboxylic acids is 1. The number of rotatable bonds is 8. The number of nitrogens with one attached hydrogen (secondary N) is 1.